The van der Waals surface area contributed by atoms with E-state index in [-0.39, 0.29) is 36.2 Å². The van der Waals surface area contributed by atoms with E-state index in [4.69, 9.17) is 26.8 Å². The fourth-order valence-corrected chi connectivity index (χ4v) is 6.48. The highest BCUT2D eigenvalue weighted by molar-refractivity contribution is 7.89. The molecule has 0 spiro atoms. The van der Waals surface area contributed by atoms with Crippen LogP contribution in [0.2, 0.25) is 5.02 Å². The number of nitrogens with two attached hydrogens (primary N) is 1. The van der Waals surface area contributed by atoms with Gasteiger partial charge in [0.1, 0.15) is 11.8 Å². The van der Waals surface area contributed by atoms with Crippen LogP contribution in [0, 0.1) is 12.8 Å². The number of esters is 1. The largest absolute Gasteiger partial charge is 0.478 e. The third-order valence-corrected chi connectivity index (χ3v) is 9.30. The number of ether oxygens (including phenoxy) is 2. The van der Waals surface area contributed by atoms with Gasteiger partial charge in [0, 0.05) is 24.8 Å². The molecule has 1 aliphatic heterocycles. The van der Waals surface area contributed by atoms with E-state index >= 15 is 0 Å². The van der Waals surface area contributed by atoms with E-state index in [2.05, 4.69) is 4.98 Å². The molecule has 2 N–H and O–H groups in total. The van der Waals surface area contributed by atoms with Gasteiger partial charge in [-0.15, -0.1) is 0 Å². The number of amides is 1. The van der Waals surface area contributed by atoms with Gasteiger partial charge in [-0.05, 0) is 66.8 Å². The smallest absolute Gasteiger partial charge is 0.324 e. The van der Waals surface area contributed by atoms with Crippen LogP contribution in [0.4, 0.5) is 0 Å². The van der Waals surface area contributed by atoms with E-state index in [9.17, 15) is 18.0 Å². The maximum atomic E-state index is 13.7. The fourth-order valence-electron chi connectivity index (χ4n) is 4.75. The average Bonchev–Trinajstić information content (AvgIpc) is 2.94. The van der Waals surface area contributed by atoms with Gasteiger partial charge in [0.05, 0.1) is 24.2 Å². The average molecular weight is 629 g/mol. The molecule has 0 saturated carbocycles. The van der Waals surface area contributed by atoms with Crippen molar-refractivity contribution in [3.8, 4) is 5.75 Å². The van der Waals surface area contributed by atoms with E-state index < -0.39 is 33.7 Å². The summed E-state index contributed by atoms with van der Waals surface area (Å²) in [5.41, 5.74) is 7.36. The second kappa shape index (κ2) is 13.0. The van der Waals surface area contributed by atoms with Gasteiger partial charge in [0.15, 0.2) is 11.7 Å². The number of hydrogen-bond donors (Lipinski definition) is 1. The normalized spacial score (nSPS) is 16.2. The van der Waals surface area contributed by atoms with Gasteiger partial charge in [-0.2, -0.15) is 4.31 Å². The molecule has 4 rings (SSSR count). The van der Waals surface area contributed by atoms with Gasteiger partial charge in [-0.3, -0.25) is 14.6 Å². The molecule has 12 heteroatoms. The fraction of sp³-hybridized carbons (Fsp3) is 0.387. The van der Waals surface area contributed by atoms with Crippen molar-refractivity contribution in [1.82, 2.24) is 14.2 Å². The van der Waals surface area contributed by atoms with Crippen LogP contribution in [-0.4, -0.2) is 73.8 Å². The number of pyridine rings is 1. The van der Waals surface area contributed by atoms with E-state index in [1.54, 1.807) is 64.5 Å². The molecule has 0 bridgehead atoms. The predicted octanol–water partition coefficient (Wildman–Crippen LogP) is 3.55. The molecule has 1 fully saturated rings. The second-order valence-corrected chi connectivity index (χ2v) is 13.7. The van der Waals surface area contributed by atoms with Crippen molar-refractivity contribution in [3.63, 3.8) is 0 Å². The van der Waals surface area contributed by atoms with E-state index in [1.807, 2.05) is 25.1 Å². The third kappa shape index (κ3) is 7.35. The number of nitrogens with zero attached hydrogens (tertiary/aromatic N) is 3. The number of likely N-dealkylation sites (N-methyl/N-ethyl adjacent to an activating group) is 1. The van der Waals surface area contributed by atoms with Gasteiger partial charge in [0.2, 0.25) is 10.0 Å². The highest BCUT2D eigenvalue weighted by atomic mass is 35.5. The van der Waals surface area contributed by atoms with Crippen molar-refractivity contribution in [2.24, 2.45) is 11.7 Å². The standard InChI is InChI=1S/C31H37ClN4O6S/c1-20(2)28(29(37)35(4)5)41-30(38)27(33)16-22-7-6-8-26(15-22)43(39,40)36-18-31(19-36,23-10-12-24(32)13-11-23)42-25-14-9-21(3)34-17-25/h6-15,17,20,27-28H,16,18-19,33H2,1-5H3/t27-,28?/m0/s1. The molecule has 1 amide bonds. The lowest BCUT2D eigenvalue weighted by atomic mass is 9.87. The molecule has 2 aromatic carbocycles. The maximum absolute atomic E-state index is 13.7. The molecule has 230 valence electrons. The monoisotopic (exact) mass is 628 g/mol. The summed E-state index contributed by atoms with van der Waals surface area (Å²) in [4.78, 5) is 30.9. The Bertz CT molecular complexity index is 1560. The molecular weight excluding hydrogens is 592 g/mol. The third-order valence-electron chi connectivity index (χ3n) is 7.26. The number of hydrogen-bond acceptors (Lipinski definition) is 8. The molecular formula is C31H37ClN4O6S. The van der Waals surface area contributed by atoms with E-state index in [0.29, 0.717) is 16.3 Å². The van der Waals surface area contributed by atoms with E-state index in [0.717, 1.165) is 11.3 Å². The van der Waals surface area contributed by atoms with Crippen molar-refractivity contribution in [3.05, 3.63) is 88.7 Å². The summed E-state index contributed by atoms with van der Waals surface area (Å²) in [5.74, 6) is -0.800. The zero-order valence-corrected chi connectivity index (χ0v) is 26.4. The number of carbonyl (C=O) groups excluding carboxylic acids is 2. The van der Waals surface area contributed by atoms with Crippen molar-refractivity contribution >= 4 is 33.5 Å². The number of rotatable bonds is 11. The highest BCUT2D eigenvalue weighted by Crippen LogP contribution is 2.40. The molecule has 1 saturated heterocycles. The molecule has 1 aliphatic rings. The van der Waals surface area contributed by atoms with Gasteiger partial charge < -0.3 is 20.1 Å². The minimum Gasteiger partial charge on any atom is -0.478 e. The first kappa shape index (κ1) is 32.4. The quantitative estimate of drug-likeness (QED) is 0.319. The maximum Gasteiger partial charge on any atom is 0.324 e. The second-order valence-electron chi connectivity index (χ2n) is 11.3. The van der Waals surface area contributed by atoms with Crippen LogP contribution in [0.3, 0.4) is 0 Å². The first-order chi connectivity index (χ1) is 20.2. The highest BCUT2D eigenvalue weighted by Gasteiger charge is 2.52. The lowest BCUT2D eigenvalue weighted by Crippen LogP contribution is -2.64. The lowest BCUT2D eigenvalue weighted by molar-refractivity contribution is -0.163. The Labute approximate surface area is 257 Å². The van der Waals surface area contributed by atoms with Crippen LogP contribution >= 0.6 is 11.6 Å². The summed E-state index contributed by atoms with van der Waals surface area (Å²) >= 11 is 6.10. The molecule has 1 aromatic heterocycles. The van der Waals surface area contributed by atoms with Gasteiger partial charge in [-0.1, -0.05) is 49.7 Å². The van der Waals surface area contributed by atoms with Crippen molar-refractivity contribution in [1.29, 1.82) is 0 Å². The molecule has 1 unspecified atom stereocenters. The summed E-state index contributed by atoms with van der Waals surface area (Å²) in [6.07, 6.45) is 0.675. The Balaban J connectivity index is 1.50. The van der Waals surface area contributed by atoms with Crippen LogP contribution < -0.4 is 10.5 Å². The minimum absolute atomic E-state index is 0.0292. The van der Waals surface area contributed by atoms with Crippen molar-refractivity contribution in [2.45, 2.75) is 49.8 Å². The first-order valence-corrected chi connectivity index (χ1v) is 15.7. The molecule has 2 atom stereocenters. The Hall–Kier alpha value is -3.51. The van der Waals surface area contributed by atoms with Gasteiger partial charge in [-0.25, -0.2) is 8.42 Å². The Morgan fingerprint density at radius 1 is 1.09 bits per heavy atom. The van der Waals surface area contributed by atoms with Crippen LogP contribution in [0.15, 0.2) is 71.8 Å². The van der Waals surface area contributed by atoms with Crippen LogP contribution in [-0.2, 0) is 36.4 Å². The zero-order chi connectivity index (χ0) is 31.5. The van der Waals surface area contributed by atoms with Crippen LogP contribution in [0.1, 0.15) is 30.7 Å². The summed E-state index contributed by atoms with van der Waals surface area (Å²) in [7, 11) is -0.745. The summed E-state index contributed by atoms with van der Waals surface area (Å²) in [5, 5.41) is 0.558. The van der Waals surface area contributed by atoms with E-state index in [1.165, 1.54) is 21.3 Å². The van der Waals surface area contributed by atoms with Crippen LogP contribution in [0.25, 0.3) is 0 Å². The number of carbonyl (C=O) groups is 2. The molecule has 43 heavy (non-hydrogen) atoms. The summed E-state index contributed by atoms with van der Waals surface area (Å²) in [6.45, 7) is 5.56. The van der Waals surface area contributed by atoms with Gasteiger partial charge >= 0.3 is 5.97 Å². The minimum atomic E-state index is -3.91. The molecule has 0 radical (unpaired) electrons. The topological polar surface area (TPSA) is 132 Å². The SMILES string of the molecule is Cc1ccc(OC2(c3ccc(Cl)cc3)CN(S(=O)(=O)c3cccc(C[C@H](N)C(=O)OC(C(=O)N(C)C)C(C)C)c3)C2)cn1. The number of aryl methyl sites for hydroxylation is 1. The molecule has 10 nitrogen and oxygen atoms in total. The van der Waals surface area contributed by atoms with Gasteiger partial charge in [0.25, 0.3) is 5.91 Å². The summed E-state index contributed by atoms with van der Waals surface area (Å²) in [6, 6.07) is 16.0. The van der Waals surface area contributed by atoms with Crippen molar-refractivity contribution in [2.75, 3.05) is 27.2 Å². The zero-order valence-electron chi connectivity index (χ0n) is 24.9. The molecule has 2 heterocycles. The summed E-state index contributed by atoms with van der Waals surface area (Å²) < 4.78 is 40.5. The Morgan fingerprint density at radius 2 is 1.77 bits per heavy atom. The predicted molar refractivity (Wildman–Crippen MR) is 163 cm³/mol. The Kier molecular flexibility index (Phi) is 9.80. The number of benzene rings is 2. The first-order valence-electron chi connectivity index (χ1n) is 13.9. The van der Waals surface area contributed by atoms with Crippen molar-refractivity contribution < 1.29 is 27.5 Å². The Morgan fingerprint density at radius 3 is 2.35 bits per heavy atom. The number of aromatic nitrogens is 1. The lowest BCUT2D eigenvalue weighted by Gasteiger charge is -2.48. The number of sulfonamides is 1. The molecule has 0 aliphatic carbocycles. The van der Waals surface area contributed by atoms with Crippen LogP contribution in [0.5, 0.6) is 5.75 Å². The molecule has 3 aromatic rings. The number of halogens is 1.